The van der Waals surface area contributed by atoms with Crippen LogP contribution in [0.4, 0.5) is 0 Å². The number of aromatic nitrogens is 1. The minimum atomic E-state index is 0.454. The second kappa shape index (κ2) is 4.51. The molecule has 2 nitrogen and oxygen atoms in total. The van der Waals surface area contributed by atoms with Gasteiger partial charge in [-0.3, -0.25) is 0 Å². The fraction of sp³-hybridized carbons (Fsp3) is 0.143. The standard InChI is InChI=1S/C7H6BrNOS/c8-6-2-1-3-9-7(6)11-5-4-10/h1-4H,5H2. The molecule has 0 spiro atoms. The van der Waals surface area contributed by atoms with Crippen molar-refractivity contribution in [3.63, 3.8) is 0 Å². The van der Waals surface area contributed by atoms with E-state index in [0.717, 1.165) is 15.8 Å². The number of halogens is 1. The van der Waals surface area contributed by atoms with Crippen LogP contribution in [0.15, 0.2) is 27.8 Å². The van der Waals surface area contributed by atoms with E-state index in [9.17, 15) is 4.79 Å². The number of thioether (sulfide) groups is 1. The molecule has 0 N–H and O–H groups in total. The molecule has 0 aliphatic rings. The lowest BCUT2D eigenvalue weighted by atomic mass is 10.5. The summed E-state index contributed by atoms with van der Waals surface area (Å²) in [5.74, 6) is 0.454. The van der Waals surface area contributed by atoms with Crippen molar-refractivity contribution in [1.82, 2.24) is 4.98 Å². The van der Waals surface area contributed by atoms with Crippen molar-refractivity contribution in [2.75, 3.05) is 5.75 Å². The van der Waals surface area contributed by atoms with E-state index in [1.54, 1.807) is 6.20 Å². The van der Waals surface area contributed by atoms with Gasteiger partial charge in [-0.2, -0.15) is 0 Å². The highest BCUT2D eigenvalue weighted by atomic mass is 79.9. The van der Waals surface area contributed by atoms with Gasteiger partial charge in [-0.05, 0) is 28.1 Å². The summed E-state index contributed by atoms with van der Waals surface area (Å²) in [4.78, 5) is 14.1. The van der Waals surface area contributed by atoms with E-state index in [0.29, 0.717) is 5.75 Å². The minimum absolute atomic E-state index is 0.454. The summed E-state index contributed by atoms with van der Waals surface area (Å²) in [6, 6.07) is 3.75. The summed E-state index contributed by atoms with van der Waals surface area (Å²) in [6.07, 6.45) is 2.57. The van der Waals surface area contributed by atoms with Gasteiger partial charge in [-0.15, -0.1) is 0 Å². The first-order chi connectivity index (χ1) is 5.34. The SMILES string of the molecule is O=CCSc1ncccc1Br. The number of carbonyl (C=O) groups excluding carboxylic acids is 1. The quantitative estimate of drug-likeness (QED) is 0.590. The third-order valence-electron chi connectivity index (χ3n) is 1.01. The van der Waals surface area contributed by atoms with E-state index in [1.165, 1.54) is 11.8 Å². The number of hydrogen-bond acceptors (Lipinski definition) is 3. The zero-order chi connectivity index (χ0) is 8.10. The molecule has 1 rings (SSSR count). The highest BCUT2D eigenvalue weighted by Gasteiger charge is 1.98. The van der Waals surface area contributed by atoms with Crippen LogP contribution in [0, 0.1) is 0 Å². The Morgan fingerprint density at radius 3 is 3.18 bits per heavy atom. The van der Waals surface area contributed by atoms with E-state index >= 15 is 0 Å². The van der Waals surface area contributed by atoms with Crippen LogP contribution < -0.4 is 0 Å². The summed E-state index contributed by atoms with van der Waals surface area (Å²) in [5.41, 5.74) is 0. The molecule has 4 heteroatoms. The lowest BCUT2D eigenvalue weighted by molar-refractivity contribution is -0.105. The van der Waals surface area contributed by atoms with Crippen molar-refractivity contribution >= 4 is 34.0 Å². The van der Waals surface area contributed by atoms with Crippen molar-refractivity contribution in [2.45, 2.75) is 5.03 Å². The number of carbonyl (C=O) groups is 1. The van der Waals surface area contributed by atoms with Crippen molar-refractivity contribution in [3.05, 3.63) is 22.8 Å². The third kappa shape index (κ3) is 2.63. The summed E-state index contributed by atoms with van der Waals surface area (Å²) in [5, 5.41) is 0.861. The first-order valence-corrected chi connectivity index (χ1v) is 4.79. The highest BCUT2D eigenvalue weighted by molar-refractivity contribution is 9.10. The molecule has 0 amide bonds. The van der Waals surface area contributed by atoms with Crippen molar-refractivity contribution in [2.24, 2.45) is 0 Å². The molecule has 0 unspecified atom stereocenters. The minimum Gasteiger partial charge on any atom is -0.302 e. The Morgan fingerprint density at radius 2 is 2.55 bits per heavy atom. The van der Waals surface area contributed by atoms with Crippen LogP contribution in [0.5, 0.6) is 0 Å². The number of nitrogens with zero attached hydrogens (tertiary/aromatic N) is 1. The topological polar surface area (TPSA) is 30.0 Å². The lowest BCUT2D eigenvalue weighted by Crippen LogP contribution is -1.83. The Kier molecular flexibility index (Phi) is 3.59. The molecule has 0 aliphatic carbocycles. The molecular formula is C7H6BrNOS. The molecule has 0 bridgehead atoms. The fourth-order valence-electron chi connectivity index (χ4n) is 0.590. The second-order valence-electron chi connectivity index (χ2n) is 1.77. The van der Waals surface area contributed by atoms with Gasteiger partial charge in [0.15, 0.2) is 0 Å². The smallest absolute Gasteiger partial charge is 0.130 e. The average Bonchev–Trinajstić information content (AvgIpc) is 2.03. The van der Waals surface area contributed by atoms with E-state index in [1.807, 2.05) is 12.1 Å². The largest absolute Gasteiger partial charge is 0.302 e. The van der Waals surface area contributed by atoms with Gasteiger partial charge in [0.05, 0.1) is 5.75 Å². The zero-order valence-electron chi connectivity index (χ0n) is 5.66. The van der Waals surface area contributed by atoms with Crippen molar-refractivity contribution in [3.8, 4) is 0 Å². The average molecular weight is 232 g/mol. The van der Waals surface area contributed by atoms with Crippen LogP contribution in [0.25, 0.3) is 0 Å². The number of aldehydes is 1. The van der Waals surface area contributed by atoms with Gasteiger partial charge >= 0.3 is 0 Å². The van der Waals surface area contributed by atoms with Gasteiger partial charge in [0.25, 0.3) is 0 Å². The van der Waals surface area contributed by atoms with Crippen LogP contribution in [-0.2, 0) is 4.79 Å². The monoisotopic (exact) mass is 231 g/mol. The molecule has 0 fully saturated rings. The number of rotatable bonds is 3. The van der Waals surface area contributed by atoms with Gasteiger partial charge in [-0.25, -0.2) is 4.98 Å². The van der Waals surface area contributed by atoms with Gasteiger partial charge < -0.3 is 4.79 Å². The van der Waals surface area contributed by atoms with Crippen LogP contribution in [0.1, 0.15) is 0 Å². The molecule has 0 aromatic carbocycles. The maximum Gasteiger partial charge on any atom is 0.130 e. The molecule has 0 radical (unpaired) electrons. The maximum absolute atomic E-state index is 10.0. The summed E-state index contributed by atoms with van der Waals surface area (Å²) in [7, 11) is 0. The molecule has 0 saturated heterocycles. The molecule has 58 valence electrons. The maximum atomic E-state index is 10.0. The van der Waals surface area contributed by atoms with Gasteiger partial charge in [-0.1, -0.05) is 11.8 Å². The molecule has 0 saturated carbocycles. The Balaban J connectivity index is 2.69. The fourth-order valence-corrected chi connectivity index (χ4v) is 1.76. The summed E-state index contributed by atoms with van der Waals surface area (Å²) >= 11 is 4.75. The molecule has 1 aromatic rings. The molecular weight excluding hydrogens is 226 g/mol. The van der Waals surface area contributed by atoms with Gasteiger partial charge in [0.2, 0.25) is 0 Å². The molecule has 0 aliphatic heterocycles. The summed E-state index contributed by atoms with van der Waals surface area (Å²) < 4.78 is 0.937. The summed E-state index contributed by atoms with van der Waals surface area (Å²) in [6.45, 7) is 0. The molecule has 11 heavy (non-hydrogen) atoms. The predicted octanol–water partition coefficient (Wildman–Crippen LogP) is 2.14. The molecule has 1 heterocycles. The van der Waals surface area contributed by atoms with Crippen LogP contribution in [0.2, 0.25) is 0 Å². The Bertz CT molecular complexity index is 254. The third-order valence-corrected chi connectivity index (χ3v) is 2.82. The van der Waals surface area contributed by atoms with Crippen LogP contribution in [0.3, 0.4) is 0 Å². The van der Waals surface area contributed by atoms with Crippen LogP contribution in [-0.4, -0.2) is 17.0 Å². The predicted molar refractivity (Wildman–Crippen MR) is 48.7 cm³/mol. The molecule has 0 atom stereocenters. The van der Waals surface area contributed by atoms with E-state index in [-0.39, 0.29) is 0 Å². The lowest BCUT2D eigenvalue weighted by Gasteiger charge is -1.97. The number of hydrogen-bond donors (Lipinski definition) is 0. The normalized spacial score (nSPS) is 9.55. The molecule has 1 aromatic heterocycles. The van der Waals surface area contributed by atoms with E-state index in [4.69, 9.17) is 0 Å². The highest BCUT2D eigenvalue weighted by Crippen LogP contribution is 2.23. The van der Waals surface area contributed by atoms with E-state index < -0.39 is 0 Å². The first-order valence-electron chi connectivity index (χ1n) is 3.01. The van der Waals surface area contributed by atoms with Crippen LogP contribution >= 0.6 is 27.7 Å². The first kappa shape index (κ1) is 8.74. The van der Waals surface area contributed by atoms with Gasteiger partial charge in [0.1, 0.15) is 11.3 Å². The van der Waals surface area contributed by atoms with Crippen molar-refractivity contribution in [1.29, 1.82) is 0 Å². The zero-order valence-corrected chi connectivity index (χ0v) is 8.06. The Hall–Kier alpha value is -0.350. The Labute approximate surface area is 77.5 Å². The van der Waals surface area contributed by atoms with Gasteiger partial charge in [0, 0.05) is 10.7 Å². The van der Waals surface area contributed by atoms with E-state index in [2.05, 4.69) is 20.9 Å². The van der Waals surface area contributed by atoms with Crippen molar-refractivity contribution < 1.29 is 4.79 Å². The second-order valence-corrected chi connectivity index (χ2v) is 3.63. The number of pyridine rings is 1. The Morgan fingerprint density at radius 1 is 1.73 bits per heavy atom.